The molecule has 145 valence electrons. The lowest BCUT2D eigenvalue weighted by Crippen LogP contribution is -2.25. The van der Waals surface area contributed by atoms with Crippen LogP contribution in [0.5, 0.6) is 0 Å². The second-order valence-corrected chi connectivity index (χ2v) is 9.28. The third-order valence-corrected chi connectivity index (χ3v) is 7.51. The van der Waals surface area contributed by atoms with Crippen LogP contribution in [-0.4, -0.2) is 0 Å². The molecule has 0 spiro atoms. The minimum atomic E-state index is 0.824. The molecule has 0 nitrogen and oxygen atoms in total. The van der Waals surface area contributed by atoms with Gasteiger partial charge in [-0.3, -0.25) is 0 Å². The van der Waals surface area contributed by atoms with Gasteiger partial charge in [-0.1, -0.05) is 89.0 Å². The molecule has 0 amide bonds. The summed E-state index contributed by atoms with van der Waals surface area (Å²) in [6, 6.07) is 11.9. The van der Waals surface area contributed by atoms with Gasteiger partial charge in [-0.2, -0.15) is 0 Å². The van der Waals surface area contributed by atoms with E-state index in [1.54, 1.807) is 5.56 Å². The van der Waals surface area contributed by atoms with Gasteiger partial charge in [-0.25, -0.2) is 0 Å². The topological polar surface area (TPSA) is 0 Å². The lowest BCUT2D eigenvalue weighted by Gasteiger charge is -2.38. The van der Waals surface area contributed by atoms with Gasteiger partial charge < -0.3 is 0 Å². The van der Waals surface area contributed by atoms with Gasteiger partial charge in [0.2, 0.25) is 0 Å². The highest BCUT2D eigenvalue weighted by Gasteiger charge is 2.31. The Morgan fingerprint density at radius 3 is 1.96 bits per heavy atom. The Morgan fingerprint density at radius 1 is 0.731 bits per heavy atom. The first-order valence-corrected chi connectivity index (χ1v) is 11.8. The smallest absolute Gasteiger partial charge is 0.0162 e. The minimum Gasteiger partial charge on any atom is -0.0654 e. The van der Waals surface area contributed by atoms with Crippen molar-refractivity contribution in [2.45, 2.75) is 109 Å². The number of unbranched alkanes of at least 4 members (excludes halogenated alkanes) is 5. The van der Waals surface area contributed by atoms with Crippen molar-refractivity contribution in [3.63, 3.8) is 0 Å². The predicted molar refractivity (Wildman–Crippen MR) is 113 cm³/mol. The van der Waals surface area contributed by atoms with Crippen LogP contribution in [0.3, 0.4) is 0 Å². The van der Waals surface area contributed by atoms with Crippen molar-refractivity contribution in [2.75, 3.05) is 0 Å². The third-order valence-electron chi connectivity index (χ3n) is 7.51. The fourth-order valence-corrected chi connectivity index (χ4v) is 5.76. The van der Waals surface area contributed by atoms with Crippen LogP contribution < -0.4 is 0 Å². The Morgan fingerprint density at radius 2 is 1.31 bits per heavy atom. The molecule has 0 heteroatoms. The van der Waals surface area contributed by atoms with Crippen molar-refractivity contribution >= 4 is 0 Å². The Bertz CT molecular complexity index is 460. The molecule has 3 rings (SSSR count). The summed E-state index contributed by atoms with van der Waals surface area (Å²) in [5, 5.41) is 0. The van der Waals surface area contributed by atoms with E-state index in [1.165, 1.54) is 96.3 Å². The first-order chi connectivity index (χ1) is 12.9. The summed E-state index contributed by atoms with van der Waals surface area (Å²) in [7, 11) is 0. The molecule has 1 aromatic carbocycles. The molecule has 0 aliphatic heterocycles. The van der Waals surface area contributed by atoms with Crippen LogP contribution in [0.1, 0.15) is 115 Å². The van der Waals surface area contributed by atoms with Crippen LogP contribution >= 0.6 is 0 Å². The van der Waals surface area contributed by atoms with Crippen LogP contribution in [0.4, 0.5) is 0 Å². The van der Waals surface area contributed by atoms with Gasteiger partial charge in [0, 0.05) is 0 Å². The molecular formula is C26H41. The van der Waals surface area contributed by atoms with Crippen LogP contribution in [0.25, 0.3) is 0 Å². The number of benzene rings is 1. The Labute approximate surface area is 163 Å². The van der Waals surface area contributed by atoms with Gasteiger partial charge in [0.15, 0.2) is 0 Å². The van der Waals surface area contributed by atoms with Crippen LogP contribution in [-0.2, 0) is 0 Å². The van der Waals surface area contributed by atoms with Gasteiger partial charge in [-0.15, -0.1) is 0 Å². The molecule has 1 aromatic rings. The second-order valence-electron chi connectivity index (χ2n) is 9.28. The van der Waals surface area contributed by atoms with Gasteiger partial charge >= 0.3 is 0 Å². The van der Waals surface area contributed by atoms with Gasteiger partial charge in [-0.05, 0) is 73.8 Å². The van der Waals surface area contributed by atoms with E-state index >= 15 is 0 Å². The maximum Gasteiger partial charge on any atom is -0.0162 e. The van der Waals surface area contributed by atoms with Crippen molar-refractivity contribution in [1.29, 1.82) is 0 Å². The normalized spacial score (nSPS) is 29.6. The second kappa shape index (κ2) is 11.2. The maximum atomic E-state index is 3.16. The van der Waals surface area contributed by atoms with E-state index in [1.807, 2.05) is 0 Å². The van der Waals surface area contributed by atoms with Crippen molar-refractivity contribution in [2.24, 2.45) is 17.8 Å². The SMILES string of the molecule is CCCCCCCC[C@H]1CC[C@H](C2CCC(c3cc[c]cc3)CC2)CC1. The molecule has 0 saturated heterocycles. The maximum absolute atomic E-state index is 3.16. The van der Waals surface area contributed by atoms with E-state index in [0.29, 0.717) is 0 Å². The van der Waals surface area contributed by atoms with Crippen molar-refractivity contribution < 1.29 is 0 Å². The molecule has 0 bridgehead atoms. The molecule has 0 unspecified atom stereocenters. The molecule has 1 radical (unpaired) electrons. The standard InChI is InChI=1S/C26H41/c1-2-3-4-5-6-8-11-22-14-16-24(17-15-22)26-20-18-25(19-21-26)23-12-9-7-10-13-23/h9-10,12-13,22,24-26H,2-6,8,11,14-21H2,1H3/t22-,24-,25?,26?. The van der Waals surface area contributed by atoms with Crippen molar-refractivity contribution in [1.82, 2.24) is 0 Å². The lowest BCUT2D eigenvalue weighted by atomic mass is 9.68. The summed E-state index contributed by atoms with van der Waals surface area (Å²) in [6.45, 7) is 2.31. The lowest BCUT2D eigenvalue weighted by molar-refractivity contribution is 0.155. The van der Waals surface area contributed by atoms with E-state index in [9.17, 15) is 0 Å². The van der Waals surface area contributed by atoms with Gasteiger partial charge in [0.25, 0.3) is 0 Å². The molecule has 0 N–H and O–H groups in total. The summed E-state index contributed by atoms with van der Waals surface area (Å²) >= 11 is 0. The molecule has 2 saturated carbocycles. The minimum absolute atomic E-state index is 0.824. The zero-order chi connectivity index (χ0) is 18.0. The Hall–Kier alpha value is -0.780. The third kappa shape index (κ3) is 6.14. The Kier molecular flexibility index (Phi) is 8.56. The Balaban J connectivity index is 1.29. The average molecular weight is 354 g/mol. The van der Waals surface area contributed by atoms with E-state index < -0.39 is 0 Å². The molecule has 2 aliphatic carbocycles. The molecular weight excluding hydrogens is 312 g/mol. The van der Waals surface area contributed by atoms with Crippen LogP contribution in [0.15, 0.2) is 24.3 Å². The highest BCUT2D eigenvalue weighted by Crippen LogP contribution is 2.44. The van der Waals surface area contributed by atoms with E-state index in [2.05, 4.69) is 37.3 Å². The summed E-state index contributed by atoms with van der Waals surface area (Å²) < 4.78 is 0. The van der Waals surface area contributed by atoms with E-state index in [0.717, 1.165) is 23.7 Å². The molecule has 0 heterocycles. The summed E-state index contributed by atoms with van der Waals surface area (Å²) in [5.74, 6) is 3.98. The number of hydrogen-bond acceptors (Lipinski definition) is 0. The zero-order valence-electron chi connectivity index (χ0n) is 17.2. The molecule has 2 fully saturated rings. The molecule has 26 heavy (non-hydrogen) atoms. The van der Waals surface area contributed by atoms with Crippen LogP contribution in [0.2, 0.25) is 0 Å². The van der Waals surface area contributed by atoms with Crippen LogP contribution in [0, 0.1) is 23.8 Å². The van der Waals surface area contributed by atoms with Gasteiger partial charge in [0.05, 0.1) is 0 Å². The number of rotatable bonds is 9. The highest BCUT2D eigenvalue weighted by atomic mass is 14.4. The fourth-order valence-electron chi connectivity index (χ4n) is 5.76. The molecule has 0 atom stereocenters. The first-order valence-electron chi connectivity index (χ1n) is 11.8. The fraction of sp³-hybridized carbons (Fsp3) is 0.769. The van der Waals surface area contributed by atoms with Crippen molar-refractivity contribution in [3.8, 4) is 0 Å². The largest absolute Gasteiger partial charge is 0.0654 e. The zero-order valence-corrected chi connectivity index (χ0v) is 17.2. The highest BCUT2D eigenvalue weighted by molar-refractivity contribution is 5.19. The summed E-state index contributed by atoms with van der Waals surface area (Å²) in [5.41, 5.74) is 1.56. The first kappa shape index (κ1) is 20.0. The monoisotopic (exact) mass is 353 g/mol. The summed E-state index contributed by atoms with van der Waals surface area (Å²) in [6.07, 6.45) is 22.2. The van der Waals surface area contributed by atoms with Gasteiger partial charge in [0.1, 0.15) is 0 Å². The average Bonchev–Trinajstić information content (AvgIpc) is 2.72. The van der Waals surface area contributed by atoms with E-state index in [4.69, 9.17) is 0 Å². The predicted octanol–water partition coefficient (Wildman–Crippen LogP) is 8.32. The van der Waals surface area contributed by atoms with E-state index in [-0.39, 0.29) is 0 Å². The number of hydrogen-bond donors (Lipinski definition) is 0. The molecule has 0 aromatic heterocycles. The molecule has 2 aliphatic rings. The summed E-state index contributed by atoms with van der Waals surface area (Å²) in [4.78, 5) is 0. The van der Waals surface area contributed by atoms with Crippen molar-refractivity contribution in [3.05, 3.63) is 35.9 Å². The quantitative estimate of drug-likeness (QED) is 0.391.